The van der Waals surface area contributed by atoms with Gasteiger partial charge in [0.05, 0.1) is 5.25 Å². The zero-order valence-corrected chi connectivity index (χ0v) is 14.0. The highest BCUT2D eigenvalue weighted by molar-refractivity contribution is 7.91. The third-order valence-electron chi connectivity index (χ3n) is 5.00. The maximum atomic E-state index is 12.9. The van der Waals surface area contributed by atoms with E-state index in [0.717, 1.165) is 24.8 Å². The van der Waals surface area contributed by atoms with Crippen LogP contribution in [0.15, 0.2) is 24.3 Å². The molecule has 0 heterocycles. The number of carbonyl (C=O) groups excluding carboxylic acids is 1. The highest BCUT2D eigenvalue weighted by Gasteiger charge is 2.44. The summed E-state index contributed by atoms with van der Waals surface area (Å²) in [6.07, 6.45) is 4.92. The molecule has 0 spiro atoms. The summed E-state index contributed by atoms with van der Waals surface area (Å²) in [6, 6.07) is 6.24. The van der Waals surface area contributed by atoms with Crippen molar-refractivity contribution in [1.29, 1.82) is 0 Å². The van der Waals surface area contributed by atoms with Crippen molar-refractivity contribution in [3.05, 3.63) is 35.6 Å². The first-order valence-corrected chi connectivity index (χ1v) is 10.0. The van der Waals surface area contributed by atoms with Crippen LogP contribution in [0.25, 0.3) is 0 Å². The van der Waals surface area contributed by atoms with Gasteiger partial charge in [-0.25, -0.2) is 12.8 Å². The number of sulfone groups is 1. The molecule has 0 aliphatic heterocycles. The Bertz CT molecular complexity index is 686. The molecule has 6 heteroatoms. The van der Waals surface area contributed by atoms with Crippen LogP contribution >= 0.6 is 0 Å². The summed E-state index contributed by atoms with van der Waals surface area (Å²) in [6.45, 7) is 0. The van der Waals surface area contributed by atoms with Crippen LogP contribution in [0, 0.1) is 11.7 Å². The van der Waals surface area contributed by atoms with E-state index >= 15 is 0 Å². The Kier molecular flexibility index (Phi) is 4.45. The average molecular weight is 339 g/mol. The van der Waals surface area contributed by atoms with Crippen LogP contribution in [-0.2, 0) is 14.6 Å². The fourth-order valence-electron chi connectivity index (χ4n) is 3.54. The van der Waals surface area contributed by atoms with Crippen molar-refractivity contribution < 1.29 is 17.6 Å². The highest BCUT2D eigenvalue weighted by atomic mass is 32.2. The van der Waals surface area contributed by atoms with Crippen molar-refractivity contribution in [1.82, 2.24) is 5.32 Å². The number of nitrogens with one attached hydrogen (secondary N) is 1. The Labute approximate surface area is 136 Å². The predicted molar refractivity (Wildman–Crippen MR) is 86.3 cm³/mol. The fourth-order valence-corrected chi connectivity index (χ4v) is 4.71. The molecule has 23 heavy (non-hydrogen) atoms. The van der Waals surface area contributed by atoms with Gasteiger partial charge in [0.15, 0.2) is 0 Å². The molecule has 2 fully saturated rings. The van der Waals surface area contributed by atoms with E-state index in [2.05, 4.69) is 5.32 Å². The molecule has 2 aliphatic carbocycles. The van der Waals surface area contributed by atoms with E-state index in [1.165, 1.54) is 18.4 Å². The third kappa shape index (κ3) is 3.91. The largest absolute Gasteiger partial charge is 0.353 e. The number of hydrogen-bond donors (Lipinski definition) is 1. The summed E-state index contributed by atoms with van der Waals surface area (Å²) >= 11 is 0. The molecule has 0 saturated heterocycles. The van der Waals surface area contributed by atoms with E-state index in [4.69, 9.17) is 0 Å². The summed E-state index contributed by atoms with van der Waals surface area (Å²) in [4.78, 5) is 12.3. The third-order valence-corrected chi connectivity index (χ3v) is 6.64. The molecule has 0 aromatic heterocycles. The van der Waals surface area contributed by atoms with E-state index in [0.29, 0.717) is 12.8 Å². The van der Waals surface area contributed by atoms with Gasteiger partial charge in [-0.05, 0) is 49.3 Å². The number of rotatable bonds is 4. The second-order valence-corrected chi connectivity index (χ2v) is 9.15. The zero-order valence-electron chi connectivity index (χ0n) is 13.2. The number of carbonyl (C=O) groups is 1. The minimum Gasteiger partial charge on any atom is -0.353 e. The van der Waals surface area contributed by atoms with Gasteiger partial charge in [-0.15, -0.1) is 0 Å². The van der Waals surface area contributed by atoms with Gasteiger partial charge in [0, 0.05) is 18.2 Å². The first kappa shape index (κ1) is 16.4. The van der Waals surface area contributed by atoms with E-state index in [9.17, 15) is 17.6 Å². The van der Waals surface area contributed by atoms with Gasteiger partial charge < -0.3 is 5.32 Å². The lowest BCUT2D eigenvalue weighted by atomic mass is 9.94. The van der Waals surface area contributed by atoms with Gasteiger partial charge in [-0.1, -0.05) is 18.6 Å². The molecule has 1 aromatic carbocycles. The zero-order chi connectivity index (χ0) is 16.6. The molecule has 3 rings (SSSR count). The van der Waals surface area contributed by atoms with Crippen LogP contribution in [0.1, 0.15) is 43.6 Å². The normalized spacial score (nSPS) is 30.7. The SMILES string of the molecule is CS(=O)(=O)C1CCCC(NC(=O)C2CC2c2ccc(F)cc2)C1. The highest BCUT2D eigenvalue weighted by Crippen LogP contribution is 2.47. The summed E-state index contributed by atoms with van der Waals surface area (Å²) in [7, 11) is -3.04. The smallest absolute Gasteiger partial charge is 0.223 e. The van der Waals surface area contributed by atoms with Crippen LogP contribution in [-0.4, -0.2) is 31.9 Å². The predicted octanol–water partition coefficient (Wildman–Crippen LogP) is 2.40. The Morgan fingerprint density at radius 1 is 1.17 bits per heavy atom. The van der Waals surface area contributed by atoms with Gasteiger partial charge in [-0.2, -0.15) is 0 Å². The molecule has 4 atom stereocenters. The maximum absolute atomic E-state index is 12.9. The first-order chi connectivity index (χ1) is 10.8. The van der Waals surface area contributed by atoms with Gasteiger partial charge in [-0.3, -0.25) is 4.79 Å². The minimum atomic E-state index is -3.04. The van der Waals surface area contributed by atoms with Crippen molar-refractivity contribution in [3.8, 4) is 0 Å². The van der Waals surface area contributed by atoms with E-state index in [1.54, 1.807) is 12.1 Å². The van der Waals surface area contributed by atoms with Crippen molar-refractivity contribution in [3.63, 3.8) is 0 Å². The van der Waals surface area contributed by atoms with E-state index < -0.39 is 9.84 Å². The number of hydrogen-bond acceptors (Lipinski definition) is 3. The van der Waals surface area contributed by atoms with Crippen LogP contribution in [0.2, 0.25) is 0 Å². The molecule has 4 nitrogen and oxygen atoms in total. The molecule has 2 saturated carbocycles. The Morgan fingerprint density at radius 2 is 1.87 bits per heavy atom. The van der Waals surface area contributed by atoms with Crippen LogP contribution in [0.3, 0.4) is 0 Å². The first-order valence-electron chi connectivity index (χ1n) is 8.09. The monoisotopic (exact) mass is 339 g/mol. The Morgan fingerprint density at radius 3 is 2.52 bits per heavy atom. The van der Waals surface area contributed by atoms with Crippen LogP contribution in [0.4, 0.5) is 4.39 Å². The van der Waals surface area contributed by atoms with Gasteiger partial charge in [0.2, 0.25) is 5.91 Å². The van der Waals surface area contributed by atoms with Crippen LogP contribution in [0.5, 0.6) is 0 Å². The molecule has 1 N–H and O–H groups in total. The number of amides is 1. The second kappa shape index (κ2) is 6.23. The lowest BCUT2D eigenvalue weighted by Crippen LogP contribution is -2.42. The summed E-state index contributed by atoms with van der Waals surface area (Å²) in [5, 5.41) is 2.68. The van der Waals surface area contributed by atoms with Gasteiger partial charge in [0.25, 0.3) is 0 Å². The van der Waals surface area contributed by atoms with E-state index in [1.807, 2.05) is 0 Å². The molecule has 4 unspecified atom stereocenters. The fraction of sp³-hybridized carbons (Fsp3) is 0.588. The number of halogens is 1. The van der Waals surface area contributed by atoms with Gasteiger partial charge in [0.1, 0.15) is 15.7 Å². The summed E-state index contributed by atoms with van der Waals surface area (Å²) in [5.74, 6) is -0.188. The molecule has 1 amide bonds. The number of benzene rings is 1. The molecule has 2 aliphatic rings. The summed E-state index contributed by atoms with van der Waals surface area (Å²) < 4.78 is 36.3. The van der Waals surface area contributed by atoms with Crippen molar-refractivity contribution in [2.24, 2.45) is 5.92 Å². The molecule has 1 aromatic rings. The van der Waals surface area contributed by atoms with Gasteiger partial charge >= 0.3 is 0 Å². The quantitative estimate of drug-likeness (QED) is 0.916. The molecular weight excluding hydrogens is 317 g/mol. The van der Waals surface area contributed by atoms with E-state index in [-0.39, 0.29) is 34.9 Å². The average Bonchev–Trinajstić information content (AvgIpc) is 3.28. The lowest BCUT2D eigenvalue weighted by molar-refractivity contribution is -0.123. The Hall–Kier alpha value is -1.43. The maximum Gasteiger partial charge on any atom is 0.223 e. The second-order valence-electron chi connectivity index (χ2n) is 6.82. The van der Waals surface area contributed by atoms with Crippen molar-refractivity contribution >= 4 is 15.7 Å². The standard InChI is InChI=1S/C17H22FNO3S/c1-23(21,22)14-4-2-3-13(9-14)19-17(20)16-10-15(16)11-5-7-12(18)8-6-11/h5-8,13-16H,2-4,9-10H2,1H3,(H,19,20). The molecule has 0 radical (unpaired) electrons. The molecular formula is C17H22FNO3S. The lowest BCUT2D eigenvalue weighted by Gasteiger charge is -2.28. The summed E-state index contributed by atoms with van der Waals surface area (Å²) in [5.41, 5.74) is 0.990. The van der Waals surface area contributed by atoms with Crippen molar-refractivity contribution in [2.45, 2.75) is 49.3 Å². The Balaban J connectivity index is 1.55. The van der Waals surface area contributed by atoms with Crippen molar-refractivity contribution in [2.75, 3.05) is 6.26 Å². The topological polar surface area (TPSA) is 63.2 Å². The molecule has 126 valence electrons. The molecule has 0 bridgehead atoms. The van der Waals surface area contributed by atoms with Crippen LogP contribution < -0.4 is 5.32 Å². The minimum absolute atomic E-state index is 0.00141.